The molecule has 16 rings (SSSR count). The van der Waals surface area contributed by atoms with Crippen LogP contribution in [0.15, 0.2) is 237 Å². The number of rotatable bonds is 8. The van der Waals surface area contributed by atoms with Crippen LogP contribution in [0.25, 0.3) is 175 Å². The Morgan fingerprint density at radius 2 is 0.673 bits per heavy atom. The SMILES string of the molecule is [C-]#[N+]c1ccc(-c2nc3c([N+]#[C-])cc4c(-c5ccc(-c6cc(C)cc(C(F)(F)F)c6)cc5)nc5ccccc5c4c3nc2-c2ccc(C#N)cc2)cc1.[C-]#[N+]c1ccc(-c2nc3c([N+]#[C-])cc4c(-c5ccc(-c6cc(F)c(F)c(F)c6)cc5)nc5ccccc5c4c3nc2-c2ccc(C#N)cc2)cc1. The minimum absolute atomic E-state index is 0.181. The topological polar surface area (TPSA) is 142 Å². The molecule has 0 saturated carbocycles. The molecule has 104 heavy (non-hydrogen) atoms. The molecule has 0 unspecified atom stereocenters. The van der Waals surface area contributed by atoms with Crippen LogP contribution in [0.5, 0.6) is 0 Å². The summed E-state index contributed by atoms with van der Waals surface area (Å²) in [6, 6.07) is 71.1. The Bertz CT molecular complexity index is 6520. The highest BCUT2D eigenvalue weighted by Crippen LogP contribution is 2.46. The molecular weight excluding hydrogens is 1320 g/mol. The van der Waals surface area contributed by atoms with E-state index < -0.39 is 29.2 Å². The van der Waals surface area contributed by atoms with Gasteiger partial charge in [0.2, 0.25) is 11.4 Å². The molecule has 16 aromatic rings. The maximum absolute atomic E-state index is 14.0. The molecule has 0 fully saturated rings. The zero-order valence-electron chi connectivity index (χ0n) is 54.2. The maximum atomic E-state index is 14.0. The van der Waals surface area contributed by atoms with Crippen molar-refractivity contribution >= 4 is 88.2 Å². The predicted octanol–water partition coefficient (Wildman–Crippen LogP) is 23.7. The largest absolute Gasteiger partial charge is 0.416 e. The van der Waals surface area contributed by atoms with Gasteiger partial charge in [0.25, 0.3) is 0 Å². The summed E-state index contributed by atoms with van der Waals surface area (Å²) >= 11 is 0. The summed E-state index contributed by atoms with van der Waals surface area (Å²) in [7, 11) is 0. The van der Waals surface area contributed by atoms with Crippen LogP contribution >= 0.6 is 0 Å². The average Bonchev–Trinajstić information content (AvgIpc) is 0.728. The van der Waals surface area contributed by atoms with Gasteiger partial charge in [0.1, 0.15) is 0 Å². The summed E-state index contributed by atoms with van der Waals surface area (Å²) in [6.45, 7) is 32.8. The lowest BCUT2D eigenvalue weighted by molar-refractivity contribution is -0.137. The van der Waals surface area contributed by atoms with Crippen molar-refractivity contribution in [2.24, 2.45) is 0 Å². The zero-order valence-corrected chi connectivity index (χ0v) is 54.2. The highest BCUT2D eigenvalue weighted by Gasteiger charge is 2.31. The van der Waals surface area contributed by atoms with Gasteiger partial charge in [0, 0.05) is 54.6 Å². The number of aryl methyl sites for hydroxylation is 1. The van der Waals surface area contributed by atoms with Crippen LogP contribution in [-0.4, -0.2) is 29.9 Å². The molecule has 0 amide bonds. The van der Waals surface area contributed by atoms with E-state index in [1.807, 2.05) is 72.8 Å². The molecule has 12 nitrogen and oxygen atoms in total. The van der Waals surface area contributed by atoms with Gasteiger partial charge in [0.05, 0.1) is 122 Å². The van der Waals surface area contributed by atoms with Crippen LogP contribution in [0.2, 0.25) is 0 Å². The molecule has 0 saturated heterocycles. The fourth-order valence-electron chi connectivity index (χ4n) is 12.9. The first-order chi connectivity index (χ1) is 50.5. The molecule has 0 N–H and O–H groups in total. The molecule has 18 heteroatoms. The van der Waals surface area contributed by atoms with Crippen molar-refractivity contribution in [3.8, 4) is 102 Å². The minimum Gasteiger partial charge on any atom is -0.255 e. The second kappa shape index (κ2) is 26.5. The summed E-state index contributed by atoms with van der Waals surface area (Å²) in [4.78, 5) is 45.5. The smallest absolute Gasteiger partial charge is 0.255 e. The second-order valence-electron chi connectivity index (χ2n) is 24.2. The molecule has 0 aliphatic carbocycles. The van der Waals surface area contributed by atoms with Gasteiger partial charge in [0.15, 0.2) is 28.8 Å². The molecule has 0 radical (unpaired) electrons. The molecule has 488 valence electrons. The first-order valence-corrected chi connectivity index (χ1v) is 31.9. The summed E-state index contributed by atoms with van der Waals surface area (Å²) in [5.74, 6) is -4.08. The van der Waals surface area contributed by atoms with Crippen LogP contribution in [0.3, 0.4) is 0 Å². The fourth-order valence-corrected chi connectivity index (χ4v) is 12.9. The standard InChI is InChI=1S/C44H23F3N6.C42H19F3N6/c1-25-20-31(22-32(21-25)44(45,46)47)27-12-14-28(15-13-27)39-35-23-37(50-3)42-43(38(35)34-6-4-5-7-36(34)51-39)53-41(29-10-8-26(24-48)9-11-29)40(52-42)30-16-18-33(49-2)19-17-30;1-47-29-17-15-27(16-18-29)39-40(26-9-7-23(22-46)8-10-26)51-42-36-30-5-3-4-6-34(30)49-38(31(36)21-35(48-2)41(42)50-39)25-13-11-24(12-14-25)28-19-32(43)37(45)33(44)20-28/h4-23H,1H3;3-21H. The van der Waals surface area contributed by atoms with E-state index >= 15 is 0 Å². The third-order valence-electron chi connectivity index (χ3n) is 17.9. The van der Waals surface area contributed by atoms with E-state index in [0.717, 1.165) is 45.8 Å². The van der Waals surface area contributed by atoms with Crippen molar-refractivity contribution in [2.45, 2.75) is 13.1 Å². The van der Waals surface area contributed by atoms with E-state index in [1.54, 1.807) is 146 Å². The van der Waals surface area contributed by atoms with Crippen LogP contribution in [0.1, 0.15) is 22.3 Å². The number of nitriles is 2. The number of nitrogens with zero attached hydrogens (tertiary/aromatic N) is 12. The van der Waals surface area contributed by atoms with Gasteiger partial charge in [-0.3, -0.25) is 9.97 Å². The Labute approximate surface area is 588 Å². The lowest BCUT2D eigenvalue weighted by Crippen LogP contribution is -2.05. The third-order valence-corrected chi connectivity index (χ3v) is 17.9. The molecule has 0 atom stereocenters. The van der Waals surface area contributed by atoms with E-state index in [4.69, 9.17) is 56.2 Å². The summed E-state index contributed by atoms with van der Waals surface area (Å²) in [5, 5.41) is 23.3. The van der Waals surface area contributed by atoms with E-state index in [2.05, 4.69) is 31.5 Å². The second-order valence-corrected chi connectivity index (χ2v) is 24.2. The maximum Gasteiger partial charge on any atom is 0.416 e. The third kappa shape index (κ3) is 11.9. The molecule has 0 aliphatic rings. The number of benzene rings is 12. The molecule has 4 aromatic heterocycles. The zero-order chi connectivity index (χ0) is 72.1. The lowest BCUT2D eigenvalue weighted by atomic mass is 9.95. The number of halogens is 6. The van der Waals surface area contributed by atoms with Crippen molar-refractivity contribution < 1.29 is 26.3 Å². The Morgan fingerprint density at radius 3 is 1.04 bits per heavy atom. The number of aromatic nitrogens is 6. The van der Waals surface area contributed by atoms with Crippen molar-refractivity contribution in [1.29, 1.82) is 10.5 Å². The van der Waals surface area contributed by atoms with Gasteiger partial charge < -0.3 is 0 Å². The molecule has 4 heterocycles. The van der Waals surface area contributed by atoms with Crippen LogP contribution in [-0.2, 0) is 6.18 Å². The van der Waals surface area contributed by atoms with Gasteiger partial charge in [-0.25, -0.2) is 52.5 Å². The Hall–Kier alpha value is -14.8. The average molecular weight is 1360 g/mol. The molecule has 12 aromatic carbocycles. The summed E-state index contributed by atoms with van der Waals surface area (Å²) < 4.78 is 82.6. The monoisotopic (exact) mass is 1360 g/mol. The molecule has 0 bridgehead atoms. The van der Waals surface area contributed by atoms with Crippen molar-refractivity contribution in [3.05, 3.63) is 322 Å². The predicted molar refractivity (Wildman–Crippen MR) is 392 cm³/mol. The number of para-hydroxylation sites is 2. The number of fused-ring (bicyclic) bond motifs is 10. The van der Waals surface area contributed by atoms with Gasteiger partial charge in [-0.05, 0) is 119 Å². The first kappa shape index (κ1) is 65.1. The van der Waals surface area contributed by atoms with Crippen molar-refractivity contribution in [2.75, 3.05) is 0 Å². The van der Waals surface area contributed by atoms with Crippen LogP contribution < -0.4 is 0 Å². The Morgan fingerprint density at radius 1 is 0.337 bits per heavy atom. The quantitative estimate of drug-likeness (QED) is 0.0633. The summed E-state index contributed by atoms with van der Waals surface area (Å²) in [5.41, 5.74) is 14.5. The van der Waals surface area contributed by atoms with E-state index in [0.29, 0.717) is 156 Å². The number of hydrogen-bond acceptors (Lipinski definition) is 8. The Kier molecular flexibility index (Phi) is 16.6. The van der Waals surface area contributed by atoms with Crippen LogP contribution in [0.4, 0.5) is 49.1 Å². The fraction of sp³-hybridized carbons (Fsp3) is 0.0233. The highest BCUT2D eigenvalue weighted by atomic mass is 19.4. The van der Waals surface area contributed by atoms with Crippen molar-refractivity contribution in [3.63, 3.8) is 0 Å². The van der Waals surface area contributed by atoms with Gasteiger partial charge in [-0.15, -0.1) is 0 Å². The number of pyridine rings is 2. The lowest BCUT2D eigenvalue weighted by Gasteiger charge is -2.16. The van der Waals surface area contributed by atoms with E-state index in [1.165, 1.54) is 0 Å². The minimum atomic E-state index is -4.47. The summed E-state index contributed by atoms with van der Waals surface area (Å²) in [6.07, 6.45) is -4.47. The van der Waals surface area contributed by atoms with E-state index in [9.17, 15) is 36.9 Å². The van der Waals surface area contributed by atoms with E-state index in [-0.39, 0.29) is 16.9 Å². The number of alkyl halides is 3. The van der Waals surface area contributed by atoms with Gasteiger partial charge >= 0.3 is 6.18 Å². The molecule has 0 spiro atoms. The Balaban J connectivity index is 0.000000167. The van der Waals surface area contributed by atoms with Crippen LogP contribution in [0, 0.1) is 73.3 Å². The highest BCUT2D eigenvalue weighted by molar-refractivity contribution is 6.25. The molecule has 0 aliphatic heterocycles. The first-order valence-electron chi connectivity index (χ1n) is 31.9. The molecular formula is C86H42F6N12. The normalized spacial score (nSPS) is 11.2. The number of hydrogen-bond donors (Lipinski definition) is 0. The van der Waals surface area contributed by atoms with Gasteiger partial charge in [-0.2, -0.15) is 23.7 Å². The van der Waals surface area contributed by atoms with Gasteiger partial charge in [-0.1, -0.05) is 164 Å². The van der Waals surface area contributed by atoms with Crippen molar-refractivity contribution in [1.82, 2.24) is 29.9 Å².